The Bertz CT molecular complexity index is 487. The number of nitrogens with two attached hydrogens (primary N) is 1. The molecule has 0 aliphatic heterocycles. The number of hydrogen-bond donors (Lipinski definition) is 2. The molecule has 7 heteroatoms. The van der Waals surface area contributed by atoms with Gasteiger partial charge in [0.15, 0.2) is 0 Å². The van der Waals surface area contributed by atoms with Crippen molar-refractivity contribution in [3.63, 3.8) is 0 Å². The molecule has 0 aliphatic rings. The van der Waals surface area contributed by atoms with Crippen molar-refractivity contribution in [3.8, 4) is 5.75 Å². The average Bonchev–Trinajstić information content (AvgIpc) is 2.28. The number of sulfonamides is 1. The third kappa shape index (κ3) is 6.56. The van der Waals surface area contributed by atoms with E-state index >= 15 is 0 Å². The van der Waals surface area contributed by atoms with Gasteiger partial charge in [-0.05, 0) is 51.5 Å². The fourth-order valence-corrected chi connectivity index (χ4v) is 2.52. The van der Waals surface area contributed by atoms with Gasteiger partial charge in [-0.15, -0.1) is 12.4 Å². The van der Waals surface area contributed by atoms with Gasteiger partial charge in [0.1, 0.15) is 5.75 Å². The molecule has 1 unspecified atom stereocenters. The van der Waals surface area contributed by atoms with Crippen molar-refractivity contribution >= 4 is 22.4 Å². The lowest BCUT2D eigenvalue weighted by Crippen LogP contribution is -2.29. The summed E-state index contributed by atoms with van der Waals surface area (Å²) in [6, 6.07) is 6.35. The molecule has 0 radical (unpaired) electrons. The van der Waals surface area contributed by atoms with Gasteiger partial charge in [0.25, 0.3) is 0 Å². The molecule has 1 rings (SSSR count). The zero-order valence-corrected chi connectivity index (χ0v) is 13.6. The zero-order valence-electron chi connectivity index (χ0n) is 12.0. The SMILES string of the molecule is CC(N)CCNS(=O)(=O)c1ccc(OC(C)C)cc1.Cl. The van der Waals surface area contributed by atoms with E-state index in [1.165, 1.54) is 12.1 Å². The highest BCUT2D eigenvalue weighted by Gasteiger charge is 2.13. The lowest BCUT2D eigenvalue weighted by molar-refractivity contribution is 0.242. The quantitative estimate of drug-likeness (QED) is 0.803. The standard InChI is InChI=1S/C13H22N2O3S.ClH/c1-10(2)18-12-4-6-13(7-5-12)19(16,17)15-9-8-11(3)14;/h4-7,10-11,15H,8-9,14H2,1-3H3;1H. The first-order valence-electron chi connectivity index (χ1n) is 6.33. The third-order valence-corrected chi connectivity index (χ3v) is 3.87. The Hall–Kier alpha value is -0.820. The topological polar surface area (TPSA) is 81.4 Å². The second-order valence-corrected chi connectivity index (χ2v) is 6.57. The minimum atomic E-state index is -3.46. The average molecular weight is 323 g/mol. The summed E-state index contributed by atoms with van der Waals surface area (Å²) in [5.41, 5.74) is 5.58. The molecule has 0 bridgehead atoms. The molecule has 5 nitrogen and oxygen atoms in total. The van der Waals surface area contributed by atoms with E-state index in [9.17, 15) is 8.42 Å². The van der Waals surface area contributed by atoms with E-state index in [0.29, 0.717) is 18.7 Å². The molecule has 116 valence electrons. The second-order valence-electron chi connectivity index (χ2n) is 4.80. The lowest BCUT2D eigenvalue weighted by Gasteiger charge is -2.11. The van der Waals surface area contributed by atoms with Gasteiger partial charge < -0.3 is 10.5 Å². The summed E-state index contributed by atoms with van der Waals surface area (Å²) in [6.45, 7) is 6.01. The molecule has 0 saturated carbocycles. The summed E-state index contributed by atoms with van der Waals surface area (Å²) in [7, 11) is -3.46. The van der Waals surface area contributed by atoms with Crippen LogP contribution >= 0.6 is 12.4 Å². The first-order chi connectivity index (χ1) is 8.81. The van der Waals surface area contributed by atoms with Crippen LogP contribution in [0.15, 0.2) is 29.2 Å². The van der Waals surface area contributed by atoms with Crippen molar-refractivity contribution in [2.45, 2.75) is 44.2 Å². The molecule has 1 aromatic carbocycles. The number of nitrogens with one attached hydrogen (secondary N) is 1. The third-order valence-electron chi connectivity index (χ3n) is 2.40. The van der Waals surface area contributed by atoms with Crippen LogP contribution < -0.4 is 15.2 Å². The van der Waals surface area contributed by atoms with E-state index in [0.717, 1.165) is 0 Å². The van der Waals surface area contributed by atoms with Gasteiger partial charge in [-0.1, -0.05) is 0 Å². The summed E-state index contributed by atoms with van der Waals surface area (Å²) in [5.74, 6) is 0.657. The maximum atomic E-state index is 12.0. The molecule has 0 heterocycles. The van der Waals surface area contributed by atoms with Gasteiger partial charge in [0.05, 0.1) is 11.0 Å². The Balaban J connectivity index is 0.00000361. The van der Waals surface area contributed by atoms with E-state index in [1.54, 1.807) is 12.1 Å². The molecule has 1 atom stereocenters. The van der Waals surface area contributed by atoms with E-state index < -0.39 is 10.0 Å². The molecule has 0 aliphatic carbocycles. The molecule has 3 N–H and O–H groups in total. The Morgan fingerprint density at radius 2 is 1.75 bits per heavy atom. The number of rotatable bonds is 7. The Kier molecular flexibility index (Phi) is 8.12. The maximum Gasteiger partial charge on any atom is 0.240 e. The van der Waals surface area contributed by atoms with Crippen LogP contribution in [0.25, 0.3) is 0 Å². The zero-order chi connectivity index (χ0) is 14.5. The molecule has 0 saturated heterocycles. The fourth-order valence-electron chi connectivity index (χ4n) is 1.47. The molecule has 0 fully saturated rings. The fraction of sp³-hybridized carbons (Fsp3) is 0.538. The number of hydrogen-bond acceptors (Lipinski definition) is 4. The summed E-state index contributed by atoms with van der Waals surface area (Å²) >= 11 is 0. The summed E-state index contributed by atoms with van der Waals surface area (Å²) in [6.07, 6.45) is 0.667. The Morgan fingerprint density at radius 3 is 2.20 bits per heavy atom. The highest BCUT2D eigenvalue weighted by molar-refractivity contribution is 7.89. The number of benzene rings is 1. The van der Waals surface area contributed by atoms with Gasteiger partial charge in [0, 0.05) is 12.6 Å². The van der Waals surface area contributed by atoms with Crippen LogP contribution in [0.3, 0.4) is 0 Å². The summed E-state index contributed by atoms with van der Waals surface area (Å²) in [5, 5.41) is 0. The van der Waals surface area contributed by atoms with Gasteiger partial charge >= 0.3 is 0 Å². The molecule has 0 spiro atoms. The summed E-state index contributed by atoms with van der Waals surface area (Å²) < 4.78 is 31.9. The summed E-state index contributed by atoms with van der Waals surface area (Å²) in [4.78, 5) is 0.230. The normalized spacial score (nSPS) is 12.8. The van der Waals surface area contributed by atoms with Crippen molar-refractivity contribution in [2.24, 2.45) is 5.73 Å². The van der Waals surface area contributed by atoms with Crippen molar-refractivity contribution in [3.05, 3.63) is 24.3 Å². The Labute approximate surface area is 127 Å². The molecule has 20 heavy (non-hydrogen) atoms. The minimum absolute atomic E-state index is 0. The monoisotopic (exact) mass is 322 g/mol. The maximum absolute atomic E-state index is 12.0. The molecular formula is C13H23ClN2O3S. The Morgan fingerprint density at radius 1 is 1.20 bits per heavy atom. The van der Waals surface area contributed by atoms with Crippen LogP contribution in [-0.4, -0.2) is 27.1 Å². The van der Waals surface area contributed by atoms with Crippen LogP contribution in [0, 0.1) is 0 Å². The van der Waals surface area contributed by atoms with E-state index in [2.05, 4.69) is 4.72 Å². The van der Waals surface area contributed by atoms with Crippen LogP contribution in [0.1, 0.15) is 27.2 Å². The van der Waals surface area contributed by atoms with Gasteiger partial charge in [-0.3, -0.25) is 0 Å². The molecular weight excluding hydrogens is 300 g/mol. The predicted octanol–water partition coefficient (Wildman–Crippen LogP) is 1.91. The molecule has 0 aromatic heterocycles. The van der Waals surface area contributed by atoms with E-state index in [-0.39, 0.29) is 29.4 Å². The highest BCUT2D eigenvalue weighted by atomic mass is 35.5. The lowest BCUT2D eigenvalue weighted by atomic mass is 10.3. The largest absolute Gasteiger partial charge is 0.491 e. The van der Waals surface area contributed by atoms with Crippen LogP contribution in [0.2, 0.25) is 0 Å². The number of halogens is 1. The first-order valence-corrected chi connectivity index (χ1v) is 7.81. The molecule has 0 amide bonds. The van der Waals surface area contributed by atoms with E-state index in [4.69, 9.17) is 10.5 Å². The van der Waals surface area contributed by atoms with Crippen molar-refractivity contribution in [1.82, 2.24) is 4.72 Å². The smallest absolute Gasteiger partial charge is 0.240 e. The number of ether oxygens (including phenoxy) is 1. The van der Waals surface area contributed by atoms with Crippen molar-refractivity contribution < 1.29 is 13.2 Å². The van der Waals surface area contributed by atoms with Crippen LogP contribution in [-0.2, 0) is 10.0 Å². The second kappa shape index (κ2) is 8.46. The molecule has 1 aromatic rings. The predicted molar refractivity (Wildman–Crippen MR) is 82.9 cm³/mol. The van der Waals surface area contributed by atoms with Gasteiger partial charge in [-0.25, -0.2) is 13.1 Å². The first kappa shape index (κ1) is 19.2. The van der Waals surface area contributed by atoms with E-state index in [1.807, 2.05) is 20.8 Å². The van der Waals surface area contributed by atoms with Crippen LogP contribution in [0.4, 0.5) is 0 Å². The van der Waals surface area contributed by atoms with Gasteiger partial charge in [0.2, 0.25) is 10.0 Å². The van der Waals surface area contributed by atoms with Gasteiger partial charge in [-0.2, -0.15) is 0 Å². The minimum Gasteiger partial charge on any atom is -0.491 e. The van der Waals surface area contributed by atoms with Crippen molar-refractivity contribution in [1.29, 1.82) is 0 Å². The van der Waals surface area contributed by atoms with Crippen LogP contribution in [0.5, 0.6) is 5.75 Å². The highest BCUT2D eigenvalue weighted by Crippen LogP contribution is 2.16. The van der Waals surface area contributed by atoms with Crippen molar-refractivity contribution in [2.75, 3.05) is 6.54 Å².